The Morgan fingerprint density at radius 2 is 1.79 bits per heavy atom. The van der Waals surface area contributed by atoms with E-state index < -0.39 is 0 Å². The fraction of sp³-hybridized carbons (Fsp3) is 0.333. The van der Waals surface area contributed by atoms with E-state index in [2.05, 4.69) is 40.5 Å². The number of amides is 1. The van der Waals surface area contributed by atoms with E-state index in [0.29, 0.717) is 22.5 Å². The second-order valence-electron chi connectivity index (χ2n) is 9.09. The van der Waals surface area contributed by atoms with Crippen molar-refractivity contribution in [3.63, 3.8) is 0 Å². The monoisotopic (exact) mass is 442 g/mol. The van der Waals surface area contributed by atoms with E-state index >= 15 is 0 Å². The van der Waals surface area contributed by atoms with Gasteiger partial charge in [-0.3, -0.25) is 9.69 Å². The van der Waals surface area contributed by atoms with E-state index in [0.717, 1.165) is 43.5 Å². The number of carbonyl (C=O) groups excluding carboxylic acids is 1. The third-order valence-electron chi connectivity index (χ3n) is 6.73. The van der Waals surface area contributed by atoms with Crippen molar-refractivity contribution in [3.8, 4) is 5.88 Å². The van der Waals surface area contributed by atoms with Crippen LogP contribution in [-0.2, 0) is 17.9 Å². The number of hydrogen-bond acceptors (Lipinski definition) is 4. The molecule has 4 aromatic rings. The van der Waals surface area contributed by atoms with E-state index in [-0.39, 0.29) is 11.8 Å². The van der Waals surface area contributed by atoms with Crippen LogP contribution in [0.1, 0.15) is 31.7 Å². The minimum atomic E-state index is -0.165. The molecule has 1 saturated heterocycles. The van der Waals surface area contributed by atoms with Crippen LogP contribution in [0.3, 0.4) is 0 Å². The molecular formula is C27H30N4O2. The summed E-state index contributed by atoms with van der Waals surface area (Å²) in [6.45, 7) is 5.46. The Labute approximate surface area is 193 Å². The van der Waals surface area contributed by atoms with Crippen molar-refractivity contribution < 1.29 is 9.90 Å². The topological polar surface area (TPSA) is 70.4 Å². The van der Waals surface area contributed by atoms with Crippen molar-refractivity contribution in [2.24, 2.45) is 5.92 Å². The number of anilines is 1. The molecule has 1 aliphatic heterocycles. The number of aromatic hydroxyl groups is 1. The number of para-hydroxylation sites is 1. The number of aryl methyl sites for hydroxylation is 1. The van der Waals surface area contributed by atoms with Gasteiger partial charge in [-0.2, -0.15) is 0 Å². The largest absolute Gasteiger partial charge is 0.494 e. The highest BCUT2D eigenvalue weighted by Gasteiger charge is 2.21. The summed E-state index contributed by atoms with van der Waals surface area (Å²) in [6, 6.07) is 18.4. The van der Waals surface area contributed by atoms with Gasteiger partial charge in [-0.15, -0.1) is 0 Å². The third kappa shape index (κ3) is 4.57. The van der Waals surface area contributed by atoms with Crippen LogP contribution in [0.15, 0.2) is 60.8 Å². The summed E-state index contributed by atoms with van der Waals surface area (Å²) < 4.78 is 1.89. The van der Waals surface area contributed by atoms with Gasteiger partial charge < -0.3 is 15.0 Å². The Bertz CT molecular complexity index is 1270. The number of likely N-dealkylation sites (tertiary alicyclic amines) is 1. The number of aromatic nitrogens is 2. The number of benzene rings is 2. The zero-order chi connectivity index (χ0) is 22.8. The maximum atomic E-state index is 11.9. The Morgan fingerprint density at radius 1 is 1.06 bits per heavy atom. The molecule has 6 heteroatoms. The molecule has 1 aliphatic rings. The third-order valence-corrected chi connectivity index (χ3v) is 6.73. The van der Waals surface area contributed by atoms with Crippen molar-refractivity contribution >= 4 is 33.4 Å². The average Bonchev–Trinajstić information content (AvgIpc) is 3.14. The molecule has 0 bridgehead atoms. The Morgan fingerprint density at radius 3 is 2.55 bits per heavy atom. The smallest absolute Gasteiger partial charge is 0.221 e. The summed E-state index contributed by atoms with van der Waals surface area (Å²) in [5, 5.41) is 15.4. The standard InChI is InChI=1S/C27H30N4O2/c1-19(32)28-26-22-9-5-6-10-23(22)29-24-18-31(27(33)25(24)26)16-13-20-11-14-30(15-12-20)17-21-7-3-2-4-8-21/h2-10,18,20,33H,11-17H2,1H3,(H,28,32). The number of nitrogens with zero attached hydrogens (tertiary/aromatic N) is 3. The normalized spacial score (nSPS) is 15.3. The molecule has 3 heterocycles. The second-order valence-corrected chi connectivity index (χ2v) is 9.09. The van der Waals surface area contributed by atoms with Crippen LogP contribution in [0.4, 0.5) is 5.69 Å². The SMILES string of the molecule is CC(=O)Nc1c2ccccc2nc2cn(CCC3CCN(Cc4ccccc4)CC3)c(O)c12. The maximum absolute atomic E-state index is 11.9. The summed E-state index contributed by atoms with van der Waals surface area (Å²) >= 11 is 0. The molecule has 33 heavy (non-hydrogen) atoms. The van der Waals surface area contributed by atoms with Gasteiger partial charge >= 0.3 is 0 Å². The van der Waals surface area contributed by atoms with Crippen LogP contribution in [0.5, 0.6) is 5.88 Å². The minimum absolute atomic E-state index is 0.165. The molecule has 2 aromatic carbocycles. The lowest BCUT2D eigenvalue weighted by Crippen LogP contribution is -2.33. The van der Waals surface area contributed by atoms with Gasteiger partial charge in [0.25, 0.3) is 0 Å². The van der Waals surface area contributed by atoms with Gasteiger partial charge in [0, 0.05) is 31.6 Å². The molecule has 1 fully saturated rings. The number of carbonyl (C=O) groups is 1. The second kappa shape index (κ2) is 9.24. The van der Waals surface area contributed by atoms with Gasteiger partial charge in [0.2, 0.25) is 11.8 Å². The number of pyridine rings is 1. The van der Waals surface area contributed by atoms with E-state index in [9.17, 15) is 9.90 Å². The molecule has 2 N–H and O–H groups in total. The first-order valence-corrected chi connectivity index (χ1v) is 11.7. The summed E-state index contributed by atoms with van der Waals surface area (Å²) in [4.78, 5) is 19.1. The van der Waals surface area contributed by atoms with Gasteiger partial charge in [0.1, 0.15) is 0 Å². The summed E-state index contributed by atoms with van der Waals surface area (Å²) in [5.74, 6) is 0.652. The molecule has 1 amide bonds. The summed E-state index contributed by atoms with van der Waals surface area (Å²) in [5.41, 5.74) is 3.51. The lowest BCUT2D eigenvalue weighted by Gasteiger charge is -2.32. The van der Waals surface area contributed by atoms with Crippen molar-refractivity contribution in [3.05, 3.63) is 66.4 Å². The molecule has 2 aromatic heterocycles. The first-order valence-electron chi connectivity index (χ1n) is 11.7. The molecule has 5 rings (SSSR count). The van der Waals surface area contributed by atoms with Gasteiger partial charge in [-0.1, -0.05) is 48.5 Å². The highest BCUT2D eigenvalue weighted by Crippen LogP contribution is 2.38. The van der Waals surface area contributed by atoms with Gasteiger partial charge in [-0.25, -0.2) is 4.98 Å². The predicted octanol–water partition coefficient (Wildman–Crippen LogP) is 5.16. The van der Waals surface area contributed by atoms with E-state index in [1.807, 2.05) is 35.0 Å². The van der Waals surface area contributed by atoms with Crippen molar-refractivity contribution in [1.82, 2.24) is 14.5 Å². The molecule has 6 nitrogen and oxygen atoms in total. The molecule has 0 unspecified atom stereocenters. The zero-order valence-corrected chi connectivity index (χ0v) is 19.0. The number of rotatable bonds is 6. The number of nitrogens with one attached hydrogen (secondary N) is 1. The van der Waals surface area contributed by atoms with Crippen LogP contribution < -0.4 is 5.32 Å². The first-order chi connectivity index (χ1) is 16.1. The fourth-order valence-corrected chi connectivity index (χ4v) is 4.98. The molecule has 0 saturated carbocycles. The average molecular weight is 443 g/mol. The number of hydrogen-bond donors (Lipinski definition) is 2. The van der Waals surface area contributed by atoms with E-state index in [1.165, 1.54) is 25.3 Å². The lowest BCUT2D eigenvalue weighted by molar-refractivity contribution is -0.114. The van der Waals surface area contributed by atoms with Crippen LogP contribution in [0.25, 0.3) is 21.8 Å². The molecule has 0 spiro atoms. The maximum Gasteiger partial charge on any atom is 0.221 e. The minimum Gasteiger partial charge on any atom is -0.494 e. The van der Waals surface area contributed by atoms with Crippen molar-refractivity contribution in [1.29, 1.82) is 0 Å². The first kappa shape index (κ1) is 21.5. The molecule has 170 valence electrons. The van der Waals surface area contributed by atoms with Crippen LogP contribution >= 0.6 is 0 Å². The van der Waals surface area contributed by atoms with Crippen molar-refractivity contribution in [2.45, 2.75) is 39.3 Å². The lowest BCUT2D eigenvalue weighted by atomic mass is 9.93. The molecular weight excluding hydrogens is 412 g/mol. The molecule has 0 atom stereocenters. The zero-order valence-electron chi connectivity index (χ0n) is 19.0. The molecule has 0 radical (unpaired) electrons. The predicted molar refractivity (Wildman–Crippen MR) is 132 cm³/mol. The van der Waals surface area contributed by atoms with Gasteiger partial charge in [-0.05, 0) is 49.9 Å². The van der Waals surface area contributed by atoms with Crippen LogP contribution in [0, 0.1) is 5.92 Å². The number of fused-ring (bicyclic) bond motifs is 2. The number of piperidine rings is 1. The van der Waals surface area contributed by atoms with Gasteiger partial charge in [0.05, 0.1) is 22.1 Å². The van der Waals surface area contributed by atoms with E-state index in [4.69, 9.17) is 4.98 Å². The Balaban J connectivity index is 1.29. The quantitative estimate of drug-likeness (QED) is 0.433. The van der Waals surface area contributed by atoms with E-state index in [1.54, 1.807) is 0 Å². The highest BCUT2D eigenvalue weighted by atomic mass is 16.3. The van der Waals surface area contributed by atoms with Gasteiger partial charge in [0.15, 0.2) is 0 Å². The van der Waals surface area contributed by atoms with Crippen LogP contribution in [-0.4, -0.2) is 38.6 Å². The summed E-state index contributed by atoms with van der Waals surface area (Å²) in [6.07, 6.45) is 5.27. The molecule has 0 aliphatic carbocycles. The van der Waals surface area contributed by atoms with Crippen LogP contribution in [0.2, 0.25) is 0 Å². The highest BCUT2D eigenvalue weighted by molar-refractivity contribution is 6.14. The summed E-state index contributed by atoms with van der Waals surface area (Å²) in [7, 11) is 0. The fourth-order valence-electron chi connectivity index (χ4n) is 4.98. The Kier molecular flexibility index (Phi) is 6.01. The van der Waals surface area contributed by atoms with Crippen molar-refractivity contribution in [2.75, 3.05) is 18.4 Å². The Hall–Kier alpha value is -3.38.